The van der Waals surface area contributed by atoms with Crippen LogP contribution in [0.4, 0.5) is 0 Å². The molecule has 0 spiro atoms. The Hall–Kier alpha value is -3.73. The van der Waals surface area contributed by atoms with Gasteiger partial charge in [-0.25, -0.2) is 4.79 Å². The molecule has 1 aromatic heterocycles. The predicted molar refractivity (Wildman–Crippen MR) is 167 cm³/mol. The van der Waals surface area contributed by atoms with Crippen molar-refractivity contribution in [3.8, 4) is 33.9 Å². The lowest BCUT2D eigenvalue weighted by molar-refractivity contribution is -0.151. The van der Waals surface area contributed by atoms with Gasteiger partial charge in [0.05, 0.1) is 13.2 Å². The summed E-state index contributed by atoms with van der Waals surface area (Å²) in [4.78, 5) is 12.2. The highest BCUT2D eigenvalue weighted by Crippen LogP contribution is 2.35. The van der Waals surface area contributed by atoms with Gasteiger partial charge in [0.25, 0.3) is 0 Å². The molecule has 0 saturated carbocycles. The fraction of sp³-hybridized carbons (Fsp3) is 0.417. The molecule has 4 rings (SSSR count). The number of hydrogen-bond donors (Lipinski definition) is 0. The number of rotatable bonds is 17. The van der Waals surface area contributed by atoms with Crippen molar-refractivity contribution in [2.75, 3.05) is 13.2 Å². The van der Waals surface area contributed by atoms with Crippen molar-refractivity contribution in [3.63, 3.8) is 0 Å². The van der Waals surface area contributed by atoms with Crippen LogP contribution in [-0.4, -0.2) is 25.3 Å². The molecule has 0 aliphatic carbocycles. The molecule has 3 aromatic carbocycles. The van der Waals surface area contributed by atoms with Gasteiger partial charge in [-0.1, -0.05) is 83.1 Å². The van der Waals surface area contributed by atoms with Crippen LogP contribution in [0.15, 0.2) is 77.2 Å². The zero-order chi connectivity index (χ0) is 28.9. The van der Waals surface area contributed by atoms with Gasteiger partial charge in [-0.05, 0) is 79.4 Å². The van der Waals surface area contributed by atoms with E-state index in [-0.39, 0.29) is 5.97 Å². The number of carbonyl (C=O) groups is 1. The number of unbranched alkanes of at least 4 members (excludes halogenated alkanes) is 7. The van der Waals surface area contributed by atoms with E-state index in [0.29, 0.717) is 12.4 Å². The fourth-order valence-electron chi connectivity index (χ4n) is 4.85. The van der Waals surface area contributed by atoms with Gasteiger partial charge in [0, 0.05) is 10.9 Å². The van der Waals surface area contributed by atoms with Gasteiger partial charge >= 0.3 is 5.97 Å². The Morgan fingerprint density at radius 2 is 1.37 bits per heavy atom. The summed E-state index contributed by atoms with van der Waals surface area (Å²) in [6.07, 6.45) is 9.89. The summed E-state index contributed by atoms with van der Waals surface area (Å²) >= 11 is 0. The summed E-state index contributed by atoms with van der Waals surface area (Å²) in [6, 6.07) is 24.1. The SMILES string of the molecule is CCCCCCCCOc1ccc(-c2cccc3oc(-c4ccc(OC(C)C(=O)OCCCCC)cc4)cc23)cc1. The van der Waals surface area contributed by atoms with Gasteiger partial charge in [-0.15, -0.1) is 0 Å². The number of benzene rings is 3. The topological polar surface area (TPSA) is 57.9 Å². The molecule has 0 aliphatic heterocycles. The van der Waals surface area contributed by atoms with Gasteiger partial charge in [0.2, 0.25) is 0 Å². The van der Waals surface area contributed by atoms with E-state index in [2.05, 4.69) is 38.1 Å². The Balaban J connectivity index is 1.36. The van der Waals surface area contributed by atoms with Crippen molar-refractivity contribution in [2.45, 2.75) is 84.7 Å². The Morgan fingerprint density at radius 1 is 0.732 bits per heavy atom. The van der Waals surface area contributed by atoms with Gasteiger partial charge in [-0.2, -0.15) is 0 Å². The highest BCUT2D eigenvalue weighted by atomic mass is 16.6. The normalized spacial score (nSPS) is 11.9. The summed E-state index contributed by atoms with van der Waals surface area (Å²) in [7, 11) is 0. The molecule has 0 aliphatic rings. The first-order valence-electron chi connectivity index (χ1n) is 15.3. The number of ether oxygens (including phenoxy) is 3. The van der Waals surface area contributed by atoms with E-state index < -0.39 is 6.10 Å². The van der Waals surface area contributed by atoms with Crippen LogP contribution in [0, 0.1) is 0 Å². The summed E-state index contributed by atoms with van der Waals surface area (Å²) in [6.45, 7) is 7.27. The van der Waals surface area contributed by atoms with Crippen molar-refractivity contribution in [3.05, 3.63) is 72.8 Å². The quantitative estimate of drug-likeness (QED) is 0.0956. The van der Waals surface area contributed by atoms with Gasteiger partial charge in [0.15, 0.2) is 6.10 Å². The summed E-state index contributed by atoms with van der Waals surface area (Å²) < 4.78 is 23.3. The number of furan rings is 1. The molecule has 1 unspecified atom stereocenters. The van der Waals surface area contributed by atoms with E-state index >= 15 is 0 Å². The van der Waals surface area contributed by atoms with E-state index in [1.165, 1.54) is 32.1 Å². The Kier molecular flexibility index (Phi) is 11.7. The molecule has 5 nitrogen and oxygen atoms in total. The smallest absolute Gasteiger partial charge is 0.347 e. The zero-order valence-corrected chi connectivity index (χ0v) is 24.8. The maximum Gasteiger partial charge on any atom is 0.347 e. The second-order valence-corrected chi connectivity index (χ2v) is 10.6. The zero-order valence-electron chi connectivity index (χ0n) is 24.8. The second-order valence-electron chi connectivity index (χ2n) is 10.6. The lowest BCUT2D eigenvalue weighted by atomic mass is 10.0. The van der Waals surface area contributed by atoms with Crippen LogP contribution in [0.3, 0.4) is 0 Å². The molecule has 4 aromatic rings. The molecule has 0 fully saturated rings. The molecule has 0 bridgehead atoms. The van der Waals surface area contributed by atoms with Crippen molar-refractivity contribution in [2.24, 2.45) is 0 Å². The molecule has 41 heavy (non-hydrogen) atoms. The minimum absolute atomic E-state index is 0.340. The first kappa shape index (κ1) is 30.2. The predicted octanol–water partition coefficient (Wildman–Crippen LogP) is 10.0. The lowest BCUT2D eigenvalue weighted by Gasteiger charge is -2.14. The van der Waals surface area contributed by atoms with E-state index in [1.54, 1.807) is 6.92 Å². The highest BCUT2D eigenvalue weighted by Gasteiger charge is 2.17. The first-order chi connectivity index (χ1) is 20.1. The standard InChI is InChI=1S/C36H44O5/c1-4-6-8-9-10-12-24-38-30-20-16-28(17-21-30)32-14-13-15-34-33(32)26-35(41-34)29-18-22-31(23-19-29)40-27(3)36(37)39-25-11-7-5-2/h13-23,26-27H,4-12,24-25H2,1-3H3. The molecule has 0 saturated heterocycles. The van der Waals surface area contributed by atoms with Crippen LogP contribution in [0.5, 0.6) is 11.5 Å². The summed E-state index contributed by atoms with van der Waals surface area (Å²) in [5.74, 6) is 1.96. The number of hydrogen-bond acceptors (Lipinski definition) is 5. The molecule has 5 heteroatoms. The van der Waals surface area contributed by atoms with Gasteiger partial charge in [-0.3, -0.25) is 0 Å². The first-order valence-corrected chi connectivity index (χ1v) is 15.3. The van der Waals surface area contributed by atoms with Crippen molar-refractivity contribution < 1.29 is 23.4 Å². The van der Waals surface area contributed by atoms with Crippen LogP contribution in [0.1, 0.15) is 78.6 Å². The average molecular weight is 557 g/mol. The average Bonchev–Trinajstić information content (AvgIpc) is 3.44. The Bertz CT molecular complexity index is 1340. The Labute approximate surface area is 244 Å². The maximum absolute atomic E-state index is 12.2. The number of fused-ring (bicyclic) bond motifs is 1. The molecule has 218 valence electrons. The van der Waals surface area contributed by atoms with Gasteiger partial charge < -0.3 is 18.6 Å². The third-order valence-corrected chi connectivity index (χ3v) is 7.27. The molecular formula is C36H44O5. The number of esters is 1. The Morgan fingerprint density at radius 3 is 2.12 bits per heavy atom. The van der Waals surface area contributed by atoms with E-state index in [1.807, 2.05) is 48.5 Å². The van der Waals surface area contributed by atoms with Crippen LogP contribution in [0.25, 0.3) is 33.4 Å². The van der Waals surface area contributed by atoms with Crippen LogP contribution in [0.2, 0.25) is 0 Å². The molecule has 0 amide bonds. The molecular weight excluding hydrogens is 512 g/mol. The van der Waals surface area contributed by atoms with E-state index in [4.69, 9.17) is 18.6 Å². The van der Waals surface area contributed by atoms with E-state index in [9.17, 15) is 4.79 Å². The minimum atomic E-state index is -0.663. The van der Waals surface area contributed by atoms with Crippen molar-refractivity contribution in [1.82, 2.24) is 0 Å². The van der Waals surface area contributed by atoms with Crippen LogP contribution < -0.4 is 9.47 Å². The summed E-state index contributed by atoms with van der Waals surface area (Å²) in [5.41, 5.74) is 4.01. The van der Waals surface area contributed by atoms with E-state index in [0.717, 1.165) is 71.5 Å². The van der Waals surface area contributed by atoms with Crippen LogP contribution in [-0.2, 0) is 9.53 Å². The number of carbonyl (C=O) groups excluding carboxylic acids is 1. The molecule has 1 atom stereocenters. The lowest BCUT2D eigenvalue weighted by Crippen LogP contribution is -2.26. The van der Waals surface area contributed by atoms with Gasteiger partial charge in [0.1, 0.15) is 22.8 Å². The maximum atomic E-state index is 12.2. The third kappa shape index (κ3) is 8.88. The fourth-order valence-corrected chi connectivity index (χ4v) is 4.85. The third-order valence-electron chi connectivity index (χ3n) is 7.27. The monoisotopic (exact) mass is 556 g/mol. The minimum Gasteiger partial charge on any atom is -0.494 e. The molecule has 0 N–H and O–H groups in total. The molecule has 0 radical (unpaired) electrons. The second kappa shape index (κ2) is 15.9. The highest BCUT2D eigenvalue weighted by molar-refractivity contribution is 5.96. The molecule has 1 heterocycles. The largest absolute Gasteiger partial charge is 0.494 e. The van der Waals surface area contributed by atoms with Crippen molar-refractivity contribution in [1.29, 1.82) is 0 Å². The van der Waals surface area contributed by atoms with Crippen molar-refractivity contribution >= 4 is 16.9 Å². The van der Waals surface area contributed by atoms with Crippen LogP contribution >= 0.6 is 0 Å². The summed E-state index contributed by atoms with van der Waals surface area (Å²) in [5, 5.41) is 1.06.